The van der Waals surface area contributed by atoms with Crippen molar-refractivity contribution in [2.45, 2.75) is 58.8 Å². The summed E-state index contributed by atoms with van der Waals surface area (Å²) in [6, 6.07) is 10.2. The Hall–Kier alpha value is -1.96. The summed E-state index contributed by atoms with van der Waals surface area (Å²) in [5.41, 5.74) is 5.45. The van der Waals surface area contributed by atoms with Crippen LogP contribution in [0.15, 0.2) is 30.3 Å². The predicted molar refractivity (Wildman–Crippen MR) is 99.9 cm³/mol. The molecule has 0 saturated heterocycles. The zero-order chi connectivity index (χ0) is 16.9. The third-order valence-electron chi connectivity index (χ3n) is 5.08. The van der Waals surface area contributed by atoms with Gasteiger partial charge < -0.3 is 9.84 Å². The molecule has 1 N–H and O–H groups in total. The average molecular weight is 324 g/mol. The lowest BCUT2D eigenvalue weighted by atomic mass is 9.89. The van der Waals surface area contributed by atoms with Gasteiger partial charge in [0.05, 0.1) is 6.61 Å². The molecule has 0 unspecified atom stereocenters. The van der Waals surface area contributed by atoms with Gasteiger partial charge in [0.15, 0.2) is 0 Å². The van der Waals surface area contributed by atoms with Crippen molar-refractivity contribution in [2.75, 3.05) is 6.61 Å². The topological polar surface area (TPSA) is 29.5 Å². The summed E-state index contributed by atoms with van der Waals surface area (Å²) in [6.07, 6.45) is 8.00. The van der Waals surface area contributed by atoms with Crippen molar-refractivity contribution >= 4 is 0 Å². The van der Waals surface area contributed by atoms with E-state index in [4.69, 9.17) is 4.74 Å². The van der Waals surface area contributed by atoms with Crippen LogP contribution in [-0.2, 0) is 12.8 Å². The Morgan fingerprint density at radius 2 is 1.79 bits per heavy atom. The zero-order valence-corrected chi connectivity index (χ0v) is 14.9. The minimum absolute atomic E-state index is 0.471. The van der Waals surface area contributed by atoms with E-state index in [0.717, 1.165) is 53.9 Å². The second-order valence-electron chi connectivity index (χ2n) is 6.76. The first-order valence-corrected chi connectivity index (χ1v) is 9.29. The Kier molecular flexibility index (Phi) is 5.44. The smallest absolute Gasteiger partial charge is 0.127 e. The van der Waals surface area contributed by atoms with Crippen LogP contribution in [0.2, 0.25) is 0 Å². The third-order valence-corrected chi connectivity index (χ3v) is 5.08. The number of aromatic hydroxyl groups is 1. The van der Waals surface area contributed by atoms with Crippen molar-refractivity contribution in [1.82, 2.24) is 0 Å². The summed E-state index contributed by atoms with van der Waals surface area (Å²) < 4.78 is 5.92. The lowest BCUT2D eigenvalue weighted by Crippen LogP contribution is -1.98. The number of phenolic OH excluding ortho intramolecular Hbond substituents is 1. The summed E-state index contributed by atoms with van der Waals surface area (Å²) in [7, 11) is 0. The molecule has 0 bridgehead atoms. The van der Waals surface area contributed by atoms with Crippen molar-refractivity contribution in [3.8, 4) is 22.6 Å². The highest BCUT2D eigenvalue weighted by Crippen LogP contribution is 2.46. The fourth-order valence-corrected chi connectivity index (χ4v) is 3.76. The van der Waals surface area contributed by atoms with E-state index in [9.17, 15) is 5.11 Å². The van der Waals surface area contributed by atoms with Crippen LogP contribution in [0.3, 0.4) is 0 Å². The number of phenols is 1. The maximum absolute atomic E-state index is 11.0. The summed E-state index contributed by atoms with van der Waals surface area (Å²) >= 11 is 0. The molecule has 0 aliphatic carbocycles. The Balaban J connectivity index is 1.95. The number of unbranched alkanes of at least 4 members (excludes halogenated alkanes) is 4. The van der Waals surface area contributed by atoms with Crippen molar-refractivity contribution < 1.29 is 9.84 Å². The molecule has 0 saturated carbocycles. The van der Waals surface area contributed by atoms with Crippen LogP contribution in [-0.4, -0.2) is 11.7 Å². The molecule has 128 valence electrons. The quantitative estimate of drug-likeness (QED) is 0.651. The number of hydrogen-bond donors (Lipinski definition) is 1. The summed E-state index contributed by atoms with van der Waals surface area (Å²) in [5, 5.41) is 11.0. The molecule has 1 heterocycles. The van der Waals surface area contributed by atoms with Gasteiger partial charge in [0.2, 0.25) is 0 Å². The van der Waals surface area contributed by atoms with E-state index in [0.29, 0.717) is 5.75 Å². The van der Waals surface area contributed by atoms with Gasteiger partial charge in [-0.3, -0.25) is 0 Å². The van der Waals surface area contributed by atoms with Gasteiger partial charge in [0, 0.05) is 23.1 Å². The van der Waals surface area contributed by atoms with Crippen LogP contribution in [0.4, 0.5) is 0 Å². The predicted octanol–water partition coefficient (Wildman–Crippen LogP) is 5.82. The Bertz CT molecular complexity index is 689. The highest BCUT2D eigenvalue weighted by Gasteiger charge is 2.26. The monoisotopic (exact) mass is 324 g/mol. The minimum atomic E-state index is 0.471. The zero-order valence-electron chi connectivity index (χ0n) is 14.9. The second kappa shape index (κ2) is 7.74. The fraction of sp³-hybridized carbons (Fsp3) is 0.455. The molecular weight excluding hydrogens is 296 g/mol. The first-order chi connectivity index (χ1) is 11.7. The normalized spacial score (nSPS) is 12.9. The van der Waals surface area contributed by atoms with E-state index >= 15 is 0 Å². The van der Waals surface area contributed by atoms with E-state index in [-0.39, 0.29) is 0 Å². The van der Waals surface area contributed by atoms with E-state index in [1.807, 2.05) is 18.2 Å². The molecule has 2 heteroatoms. The molecule has 24 heavy (non-hydrogen) atoms. The standard InChI is InChI=1S/C22H28O2/c1-3-4-5-6-10-13-18-16(2)22-19(14-15-24-22)20(21(18)23)17-11-8-7-9-12-17/h7-9,11-12,23H,3-6,10,13-15H2,1-2H3. The highest BCUT2D eigenvalue weighted by atomic mass is 16.5. The molecule has 2 aromatic carbocycles. The summed E-state index contributed by atoms with van der Waals surface area (Å²) in [4.78, 5) is 0. The third kappa shape index (κ3) is 3.28. The number of rotatable bonds is 7. The molecule has 1 aliphatic rings. The molecule has 0 amide bonds. The van der Waals surface area contributed by atoms with Crippen molar-refractivity contribution in [2.24, 2.45) is 0 Å². The molecule has 2 nitrogen and oxygen atoms in total. The van der Waals surface area contributed by atoms with Gasteiger partial charge in [-0.25, -0.2) is 0 Å². The molecule has 0 aromatic heterocycles. The van der Waals surface area contributed by atoms with Crippen molar-refractivity contribution in [3.05, 3.63) is 47.0 Å². The number of fused-ring (bicyclic) bond motifs is 1. The van der Waals surface area contributed by atoms with Gasteiger partial charge >= 0.3 is 0 Å². The van der Waals surface area contributed by atoms with Crippen molar-refractivity contribution in [3.63, 3.8) is 0 Å². The van der Waals surface area contributed by atoms with Gasteiger partial charge in [0.1, 0.15) is 11.5 Å². The highest BCUT2D eigenvalue weighted by molar-refractivity contribution is 5.80. The maximum atomic E-state index is 11.0. The SMILES string of the molecule is CCCCCCCc1c(C)c2c(c(-c3ccccc3)c1O)CCO2. The molecule has 0 fully saturated rings. The van der Waals surface area contributed by atoms with Crippen LogP contribution >= 0.6 is 0 Å². The Morgan fingerprint density at radius 3 is 2.54 bits per heavy atom. The molecule has 0 atom stereocenters. The maximum Gasteiger partial charge on any atom is 0.127 e. The van der Waals surface area contributed by atoms with E-state index in [2.05, 4.69) is 26.0 Å². The van der Waals surface area contributed by atoms with Crippen LogP contribution in [0.5, 0.6) is 11.5 Å². The van der Waals surface area contributed by atoms with Crippen LogP contribution in [0.25, 0.3) is 11.1 Å². The minimum Gasteiger partial charge on any atom is -0.507 e. The molecule has 0 spiro atoms. The Morgan fingerprint density at radius 1 is 1.04 bits per heavy atom. The number of benzene rings is 2. The molecule has 0 radical (unpaired) electrons. The van der Waals surface area contributed by atoms with Gasteiger partial charge in [-0.2, -0.15) is 0 Å². The van der Waals surface area contributed by atoms with Gasteiger partial charge in [-0.05, 0) is 30.9 Å². The van der Waals surface area contributed by atoms with Crippen LogP contribution in [0, 0.1) is 6.92 Å². The second-order valence-corrected chi connectivity index (χ2v) is 6.76. The summed E-state index contributed by atoms with van der Waals surface area (Å²) in [5.74, 6) is 1.48. The largest absolute Gasteiger partial charge is 0.507 e. The van der Waals surface area contributed by atoms with E-state index < -0.39 is 0 Å². The molecule has 3 rings (SSSR count). The lowest BCUT2D eigenvalue weighted by Gasteiger charge is -2.18. The van der Waals surface area contributed by atoms with Crippen molar-refractivity contribution in [1.29, 1.82) is 0 Å². The van der Waals surface area contributed by atoms with E-state index in [1.54, 1.807) is 0 Å². The van der Waals surface area contributed by atoms with Crippen LogP contribution in [0.1, 0.15) is 55.7 Å². The average Bonchev–Trinajstić information content (AvgIpc) is 3.08. The van der Waals surface area contributed by atoms with Gasteiger partial charge in [0.25, 0.3) is 0 Å². The molecule has 1 aliphatic heterocycles. The molecular formula is C22H28O2. The number of ether oxygens (including phenoxy) is 1. The number of hydrogen-bond acceptors (Lipinski definition) is 2. The molecule has 2 aromatic rings. The summed E-state index contributed by atoms with van der Waals surface area (Å²) in [6.45, 7) is 5.05. The first-order valence-electron chi connectivity index (χ1n) is 9.29. The first kappa shape index (κ1) is 16.9. The lowest BCUT2D eigenvalue weighted by molar-refractivity contribution is 0.354. The van der Waals surface area contributed by atoms with Gasteiger partial charge in [-0.15, -0.1) is 0 Å². The van der Waals surface area contributed by atoms with Gasteiger partial charge in [-0.1, -0.05) is 62.9 Å². The van der Waals surface area contributed by atoms with Crippen LogP contribution < -0.4 is 4.74 Å². The van der Waals surface area contributed by atoms with E-state index in [1.165, 1.54) is 31.2 Å². The fourth-order valence-electron chi connectivity index (χ4n) is 3.76. The Labute approximate surface area is 145 Å².